The molecule has 20 heavy (non-hydrogen) atoms. The van der Waals surface area contributed by atoms with E-state index in [1.165, 1.54) is 11.3 Å². The monoisotopic (exact) mass is 310 g/mol. The third-order valence-electron chi connectivity index (χ3n) is 3.08. The van der Waals surface area contributed by atoms with Crippen molar-refractivity contribution in [1.29, 1.82) is 0 Å². The first-order valence-corrected chi connectivity index (χ1v) is 8.57. The summed E-state index contributed by atoms with van der Waals surface area (Å²) in [6.45, 7) is 4.37. The number of sulfonamides is 1. The zero-order valence-electron chi connectivity index (χ0n) is 11.5. The Hall–Kier alpha value is -1.21. The number of benzene rings is 1. The van der Waals surface area contributed by atoms with Crippen molar-refractivity contribution in [3.05, 3.63) is 51.2 Å². The van der Waals surface area contributed by atoms with Crippen molar-refractivity contribution in [2.24, 2.45) is 5.73 Å². The molecule has 0 saturated heterocycles. The predicted molar refractivity (Wildman–Crippen MR) is 82.2 cm³/mol. The van der Waals surface area contributed by atoms with E-state index in [4.69, 9.17) is 5.73 Å². The van der Waals surface area contributed by atoms with Crippen molar-refractivity contribution in [3.8, 4) is 0 Å². The summed E-state index contributed by atoms with van der Waals surface area (Å²) in [4.78, 5) is 2.16. The standard InChI is InChI=1S/C14H18N2O2S2/c1-10-7-14(11(2)19-10)20(17,18)16-9-13-6-4-3-5-12(13)8-15/h3-7,16H,8-9,15H2,1-2H3. The second-order valence-corrected chi connectivity index (χ2v) is 7.77. The summed E-state index contributed by atoms with van der Waals surface area (Å²) in [6.07, 6.45) is 0. The molecule has 0 spiro atoms. The van der Waals surface area contributed by atoms with Crippen LogP contribution in [0.5, 0.6) is 0 Å². The number of hydrogen-bond donors (Lipinski definition) is 2. The van der Waals surface area contributed by atoms with Gasteiger partial charge in [-0.2, -0.15) is 0 Å². The summed E-state index contributed by atoms with van der Waals surface area (Å²) in [6, 6.07) is 9.27. The molecule has 1 aromatic carbocycles. The number of hydrogen-bond acceptors (Lipinski definition) is 4. The molecule has 0 amide bonds. The molecule has 0 bridgehead atoms. The van der Waals surface area contributed by atoms with Crippen LogP contribution < -0.4 is 10.5 Å². The first kappa shape index (κ1) is 15.2. The highest BCUT2D eigenvalue weighted by Crippen LogP contribution is 2.25. The van der Waals surface area contributed by atoms with Crippen LogP contribution in [0.1, 0.15) is 20.9 Å². The molecule has 0 aliphatic rings. The first-order valence-electron chi connectivity index (χ1n) is 6.27. The lowest BCUT2D eigenvalue weighted by Crippen LogP contribution is -2.24. The average molecular weight is 310 g/mol. The number of thiophene rings is 1. The van der Waals surface area contributed by atoms with Gasteiger partial charge in [0.1, 0.15) is 0 Å². The minimum absolute atomic E-state index is 0.254. The number of aryl methyl sites for hydroxylation is 2. The van der Waals surface area contributed by atoms with Crippen LogP contribution in [0.15, 0.2) is 35.2 Å². The third kappa shape index (κ3) is 3.27. The van der Waals surface area contributed by atoms with E-state index in [0.29, 0.717) is 11.4 Å². The van der Waals surface area contributed by atoms with Crippen LogP contribution in [-0.4, -0.2) is 8.42 Å². The van der Waals surface area contributed by atoms with Gasteiger partial charge in [-0.05, 0) is 31.0 Å². The molecule has 4 nitrogen and oxygen atoms in total. The van der Waals surface area contributed by atoms with Crippen LogP contribution in [0.25, 0.3) is 0 Å². The quantitative estimate of drug-likeness (QED) is 0.890. The van der Waals surface area contributed by atoms with Gasteiger partial charge in [-0.1, -0.05) is 24.3 Å². The molecule has 0 saturated carbocycles. The molecule has 108 valence electrons. The van der Waals surface area contributed by atoms with E-state index in [2.05, 4.69) is 4.72 Å². The van der Waals surface area contributed by atoms with Gasteiger partial charge >= 0.3 is 0 Å². The van der Waals surface area contributed by atoms with E-state index in [0.717, 1.165) is 20.9 Å². The Morgan fingerprint density at radius 3 is 2.40 bits per heavy atom. The Labute approximate surface area is 123 Å². The molecule has 0 unspecified atom stereocenters. The van der Waals surface area contributed by atoms with Gasteiger partial charge in [0.25, 0.3) is 0 Å². The third-order valence-corrected chi connectivity index (χ3v) is 5.70. The van der Waals surface area contributed by atoms with Gasteiger partial charge in [0.05, 0.1) is 4.90 Å². The van der Waals surface area contributed by atoms with Crippen LogP contribution in [0.4, 0.5) is 0 Å². The van der Waals surface area contributed by atoms with Gasteiger partial charge in [-0.15, -0.1) is 11.3 Å². The summed E-state index contributed by atoms with van der Waals surface area (Å²) < 4.78 is 27.3. The zero-order valence-corrected chi connectivity index (χ0v) is 13.1. The van der Waals surface area contributed by atoms with Crippen molar-refractivity contribution in [1.82, 2.24) is 4.72 Å². The maximum atomic E-state index is 12.3. The van der Waals surface area contributed by atoms with E-state index >= 15 is 0 Å². The van der Waals surface area contributed by atoms with Crippen molar-refractivity contribution in [2.45, 2.75) is 31.8 Å². The Balaban J connectivity index is 2.20. The highest BCUT2D eigenvalue weighted by atomic mass is 32.2. The summed E-state index contributed by atoms with van der Waals surface area (Å²) in [5.74, 6) is 0. The minimum atomic E-state index is -3.47. The minimum Gasteiger partial charge on any atom is -0.326 e. The van der Waals surface area contributed by atoms with Crippen LogP contribution in [0.3, 0.4) is 0 Å². The van der Waals surface area contributed by atoms with Crippen molar-refractivity contribution < 1.29 is 8.42 Å². The lowest BCUT2D eigenvalue weighted by Gasteiger charge is -2.09. The molecule has 2 aromatic rings. The lowest BCUT2D eigenvalue weighted by atomic mass is 10.1. The van der Waals surface area contributed by atoms with E-state index < -0.39 is 10.0 Å². The molecular formula is C14H18N2O2S2. The first-order chi connectivity index (χ1) is 9.44. The molecular weight excluding hydrogens is 292 g/mol. The Morgan fingerprint density at radius 1 is 1.20 bits per heavy atom. The topological polar surface area (TPSA) is 72.2 Å². The van der Waals surface area contributed by atoms with E-state index in [-0.39, 0.29) is 6.54 Å². The number of nitrogens with one attached hydrogen (secondary N) is 1. The van der Waals surface area contributed by atoms with Gasteiger partial charge in [0, 0.05) is 22.8 Å². The largest absolute Gasteiger partial charge is 0.326 e. The molecule has 0 fully saturated rings. The lowest BCUT2D eigenvalue weighted by molar-refractivity contribution is 0.581. The number of nitrogens with two attached hydrogens (primary N) is 1. The SMILES string of the molecule is Cc1cc(S(=O)(=O)NCc2ccccc2CN)c(C)s1. The summed E-state index contributed by atoms with van der Waals surface area (Å²) in [5, 5.41) is 0. The van der Waals surface area contributed by atoms with Crippen LogP contribution >= 0.6 is 11.3 Å². The van der Waals surface area contributed by atoms with E-state index in [1.54, 1.807) is 6.07 Å². The van der Waals surface area contributed by atoms with Gasteiger partial charge in [-0.25, -0.2) is 13.1 Å². The molecule has 6 heteroatoms. The molecule has 1 heterocycles. The zero-order chi connectivity index (χ0) is 14.8. The Kier molecular flexibility index (Phi) is 4.59. The van der Waals surface area contributed by atoms with Crippen molar-refractivity contribution >= 4 is 21.4 Å². The second-order valence-electron chi connectivity index (χ2n) is 4.57. The fourth-order valence-corrected chi connectivity index (χ4v) is 4.61. The summed E-state index contributed by atoms with van der Waals surface area (Å²) in [7, 11) is -3.47. The predicted octanol–water partition coefficient (Wildman–Crippen LogP) is 2.30. The maximum absolute atomic E-state index is 12.3. The van der Waals surface area contributed by atoms with Gasteiger partial charge in [-0.3, -0.25) is 0 Å². The highest BCUT2D eigenvalue weighted by molar-refractivity contribution is 7.89. The van der Waals surface area contributed by atoms with E-state index in [1.807, 2.05) is 38.1 Å². The summed E-state index contributed by atoms with van der Waals surface area (Å²) >= 11 is 1.49. The normalized spacial score (nSPS) is 11.8. The molecule has 0 aliphatic carbocycles. The van der Waals surface area contributed by atoms with Crippen LogP contribution in [0, 0.1) is 13.8 Å². The molecule has 2 rings (SSSR count). The van der Waals surface area contributed by atoms with Crippen LogP contribution in [-0.2, 0) is 23.1 Å². The molecule has 0 radical (unpaired) electrons. The Bertz CT molecular complexity index is 706. The average Bonchev–Trinajstić information content (AvgIpc) is 2.76. The fourth-order valence-electron chi connectivity index (χ4n) is 2.05. The van der Waals surface area contributed by atoms with Gasteiger partial charge < -0.3 is 5.73 Å². The maximum Gasteiger partial charge on any atom is 0.241 e. The molecule has 1 aromatic heterocycles. The van der Waals surface area contributed by atoms with E-state index in [9.17, 15) is 8.42 Å². The number of rotatable bonds is 5. The Morgan fingerprint density at radius 2 is 1.85 bits per heavy atom. The van der Waals surface area contributed by atoms with Crippen molar-refractivity contribution in [2.75, 3.05) is 0 Å². The van der Waals surface area contributed by atoms with Crippen LogP contribution in [0.2, 0.25) is 0 Å². The fraction of sp³-hybridized carbons (Fsp3) is 0.286. The highest BCUT2D eigenvalue weighted by Gasteiger charge is 2.19. The second kappa shape index (κ2) is 6.05. The molecule has 3 N–H and O–H groups in total. The van der Waals surface area contributed by atoms with Crippen molar-refractivity contribution in [3.63, 3.8) is 0 Å². The molecule has 0 aliphatic heterocycles. The summed E-state index contributed by atoms with van der Waals surface area (Å²) in [5.41, 5.74) is 7.51. The molecule has 0 atom stereocenters. The van der Waals surface area contributed by atoms with Gasteiger partial charge in [0.2, 0.25) is 10.0 Å². The van der Waals surface area contributed by atoms with Gasteiger partial charge in [0.15, 0.2) is 0 Å². The smallest absolute Gasteiger partial charge is 0.241 e.